The average Bonchev–Trinajstić information content (AvgIpc) is 2.91. The van der Waals surface area contributed by atoms with Crippen LogP contribution in [0.15, 0.2) is 30.3 Å². The van der Waals surface area contributed by atoms with E-state index >= 15 is 0 Å². The van der Waals surface area contributed by atoms with Crippen LogP contribution in [0, 0.1) is 0 Å². The summed E-state index contributed by atoms with van der Waals surface area (Å²) < 4.78 is 11.8. The lowest BCUT2D eigenvalue weighted by atomic mass is 10.0. The van der Waals surface area contributed by atoms with Crippen LogP contribution in [0.4, 0.5) is 0 Å². The lowest BCUT2D eigenvalue weighted by molar-refractivity contribution is -0.000307. The van der Waals surface area contributed by atoms with Crippen LogP contribution in [0.25, 0.3) is 10.9 Å². The highest BCUT2D eigenvalue weighted by molar-refractivity contribution is 6.03. The number of carbonyl (C=O) groups is 1. The minimum atomic E-state index is -0.258. The Morgan fingerprint density at radius 2 is 1.93 bits per heavy atom. The first kappa shape index (κ1) is 19.2. The highest BCUT2D eigenvalue weighted by atomic mass is 16.5. The van der Waals surface area contributed by atoms with E-state index in [0.29, 0.717) is 30.1 Å². The average molecular weight is 383 g/mol. The zero-order chi connectivity index (χ0) is 19.5. The molecule has 1 unspecified atom stereocenters. The maximum Gasteiger partial charge on any atom is 0.339 e. The van der Waals surface area contributed by atoms with Crippen LogP contribution in [0.2, 0.25) is 0 Å². The topological polar surface area (TPSA) is 51.7 Å². The number of ether oxygens (including phenoxy) is 2. The molecule has 0 radical (unpaired) electrons. The van der Waals surface area contributed by atoms with Crippen molar-refractivity contribution in [3.05, 3.63) is 35.9 Å². The van der Waals surface area contributed by atoms with Gasteiger partial charge >= 0.3 is 5.97 Å². The number of carbonyl (C=O) groups excluding carboxylic acids is 1. The SMILES string of the molecule is CCCCCOc1cc(C(=O)OC2C[C@H]3CC[C@@H](C2)N3C)c2ccccc2n1. The van der Waals surface area contributed by atoms with E-state index in [0.717, 1.165) is 43.0 Å². The minimum absolute atomic E-state index is 0.00190. The minimum Gasteiger partial charge on any atom is -0.478 e. The highest BCUT2D eigenvalue weighted by Crippen LogP contribution is 2.36. The first-order chi connectivity index (χ1) is 13.7. The fourth-order valence-corrected chi connectivity index (χ4v) is 4.60. The van der Waals surface area contributed by atoms with E-state index in [-0.39, 0.29) is 12.1 Å². The second-order valence-electron chi connectivity index (χ2n) is 8.13. The molecule has 2 aromatic rings. The van der Waals surface area contributed by atoms with Gasteiger partial charge in [0, 0.05) is 36.4 Å². The second-order valence-corrected chi connectivity index (χ2v) is 8.13. The fraction of sp³-hybridized carbons (Fsp3) is 0.565. The van der Waals surface area contributed by atoms with E-state index in [2.05, 4.69) is 23.9 Å². The van der Waals surface area contributed by atoms with E-state index < -0.39 is 0 Å². The summed E-state index contributed by atoms with van der Waals surface area (Å²) in [5.41, 5.74) is 1.33. The van der Waals surface area contributed by atoms with E-state index in [1.807, 2.05) is 24.3 Å². The van der Waals surface area contributed by atoms with Crippen LogP contribution < -0.4 is 4.74 Å². The molecule has 28 heavy (non-hydrogen) atoms. The molecule has 0 amide bonds. The number of nitrogens with zero attached hydrogens (tertiary/aromatic N) is 2. The van der Waals surface area contributed by atoms with Crippen molar-refractivity contribution < 1.29 is 14.3 Å². The van der Waals surface area contributed by atoms with Gasteiger partial charge in [0.1, 0.15) is 6.10 Å². The molecule has 2 saturated heterocycles. The number of para-hydroxylation sites is 1. The third kappa shape index (κ3) is 4.00. The summed E-state index contributed by atoms with van der Waals surface area (Å²) in [6.45, 7) is 2.78. The Balaban J connectivity index is 1.52. The zero-order valence-corrected chi connectivity index (χ0v) is 16.9. The molecular weight excluding hydrogens is 352 g/mol. The van der Waals surface area contributed by atoms with Crippen molar-refractivity contribution in [3.63, 3.8) is 0 Å². The van der Waals surface area contributed by atoms with Crippen LogP contribution in [0.3, 0.4) is 0 Å². The molecule has 3 heterocycles. The van der Waals surface area contributed by atoms with Gasteiger partial charge < -0.3 is 14.4 Å². The fourth-order valence-electron chi connectivity index (χ4n) is 4.60. The molecule has 5 heteroatoms. The summed E-state index contributed by atoms with van der Waals surface area (Å²) >= 11 is 0. The standard InChI is InChI=1S/C23H30N2O3/c1-3-4-7-12-27-22-15-20(19-8-5-6-9-21(19)24-22)23(26)28-18-13-16-10-11-17(14-18)25(16)2/h5-6,8-9,15-18H,3-4,7,10-14H2,1-2H3/t16-,17+,18?. The highest BCUT2D eigenvalue weighted by Gasteiger charge is 2.40. The Labute approximate surface area is 167 Å². The molecule has 3 atom stereocenters. The third-order valence-electron chi connectivity index (χ3n) is 6.24. The predicted molar refractivity (Wildman–Crippen MR) is 110 cm³/mol. The second kappa shape index (κ2) is 8.48. The van der Waals surface area contributed by atoms with Gasteiger partial charge in [-0.3, -0.25) is 0 Å². The van der Waals surface area contributed by atoms with E-state index in [9.17, 15) is 4.79 Å². The van der Waals surface area contributed by atoms with Crippen molar-refractivity contribution in [2.24, 2.45) is 0 Å². The van der Waals surface area contributed by atoms with Crippen molar-refractivity contribution in [2.75, 3.05) is 13.7 Å². The normalized spacial score (nSPS) is 24.4. The van der Waals surface area contributed by atoms with Crippen molar-refractivity contribution in [3.8, 4) is 5.88 Å². The Hall–Kier alpha value is -2.14. The van der Waals surface area contributed by atoms with Crippen LogP contribution in [0.5, 0.6) is 5.88 Å². The predicted octanol–water partition coefficient (Wildman–Crippen LogP) is 4.59. The van der Waals surface area contributed by atoms with Gasteiger partial charge in [0.25, 0.3) is 0 Å². The number of aromatic nitrogens is 1. The number of benzene rings is 1. The molecule has 0 saturated carbocycles. The number of fused-ring (bicyclic) bond motifs is 3. The first-order valence-corrected chi connectivity index (χ1v) is 10.6. The molecule has 2 bridgehead atoms. The Morgan fingerprint density at radius 1 is 1.18 bits per heavy atom. The van der Waals surface area contributed by atoms with Gasteiger partial charge in [0.2, 0.25) is 5.88 Å². The maximum atomic E-state index is 13.1. The van der Waals surface area contributed by atoms with Crippen molar-refractivity contribution in [2.45, 2.75) is 70.1 Å². The van der Waals surface area contributed by atoms with Crippen LogP contribution in [-0.2, 0) is 4.74 Å². The van der Waals surface area contributed by atoms with Crippen LogP contribution in [-0.4, -0.2) is 47.7 Å². The van der Waals surface area contributed by atoms with Gasteiger partial charge in [-0.25, -0.2) is 9.78 Å². The molecule has 2 aliphatic heterocycles. The lowest BCUT2D eigenvalue weighted by Gasteiger charge is -2.35. The summed E-state index contributed by atoms with van der Waals surface area (Å²) in [5.74, 6) is 0.246. The van der Waals surface area contributed by atoms with Gasteiger partial charge in [0.15, 0.2) is 0 Å². The molecule has 0 spiro atoms. The molecular formula is C23H30N2O3. The van der Waals surface area contributed by atoms with Gasteiger partial charge in [-0.2, -0.15) is 0 Å². The summed E-state index contributed by atoms with van der Waals surface area (Å²) in [4.78, 5) is 20.1. The number of esters is 1. The molecule has 1 aromatic carbocycles. The number of hydrogen-bond donors (Lipinski definition) is 0. The molecule has 5 nitrogen and oxygen atoms in total. The first-order valence-electron chi connectivity index (χ1n) is 10.6. The maximum absolute atomic E-state index is 13.1. The Kier molecular flexibility index (Phi) is 5.81. The summed E-state index contributed by atoms with van der Waals surface area (Å²) in [7, 11) is 2.19. The third-order valence-corrected chi connectivity index (χ3v) is 6.24. The molecule has 4 rings (SSSR count). The van der Waals surface area contributed by atoms with Gasteiger partial charge in [-0.15, -0.1) is 0 Å². The molecule has 2 aliphatic rings. The van der Waals surface area contributed by atoms with Crippen LogP contribution >= 0.6 is 0 Å². The van der Waals surface area contributed by atoms with Gasteiger partial charge in [-0.1, -0.05) is 38.0 Å². The van der Waals surface area contributed by atoms with E-state index in [4.69, 9.17) is 9.47 Å². The number of unbranched alkanes of at least 4 members (excludes halogenated alkanes) is 2. The quantitative estimate of drug-likeness (QED) is 0.518. The van der Waals surface area contributed by atoms with Gasteiger partial charge in [-0.05, 0) is 32.4 Å². The summed E-state index contributed by atoms with van der Waals surface area (Å²) in [5, 5.41) is 0.823. The lowest BCUT2D eigenvalue weighted by Crippen LogP contribution is -2.43. The van der Waals surface area contributed by atoms with E-state index in [1.54, 1.807) is 6.07 Å². The molecule has 2 fully saturated rings. The van der Waals surface area contributed by atoms with Crippen molar-refractivity contribution in [1.82, 2.24) is 9.88 Å². The zero-order valence-electron chi connectivity index (χ0n) is 16.9. The van der Waals surface area contributed by atoms with Crippen LogP contribution in [0.1, 0.15) is 62.2 Å². The molecule has 1 aromatic heterocycles. The number of rotatable bonds is 7. The molecule has 0 aliphatic carbocycles. The largest absolute Gasteiger partial charge is 0.478 e. The van der Waals surface area contributed by atoms with Crippen molar-refractivity contribution in [1.29, 1.82) is 0 Å². The van der Waals surface area contributed by atoms with E-state index in [1.165, 1.54) is 12.8 Å². The molecule has 150 valence electrons. The Bertz CT molecular complexity index is 824. The van der Waals surface area contributed by atoms with Gasteiger partial charge in [0.05, 0.1) is 17.7 Å². The monoisotopic (exact) mass is 382 g/mol. The number of piperidine rings is 1. The summed E-state index contributed by atoms with van der Waals surface area (Å²) in [6, 6.07) is 10.5. The molecule has 0 N–H and O–H groups in total. The number of hydrogen-bond acceptors (Lipinski definition) is 5. The number of pyridine rings is 1. The summed E-state index contributed by atoms with van der Waals surface area (Å²) in [6.07, 6.45) is 7.55. The smallest absolute Gasteiger partial charge is 0.339 e. The van der Waals surface area contributed by atoms with Crippen molar-refractivity contribution >= 4 is 16.9 Å². The Morgan fingerprint density at radius 3 is 2.68 bits per heavy atom.